The van der Waals surface area contributed by atoms with Crippen LogP contribution in [0.25, 0.3) is 17.0 Å². The third-order valence-electron chi connectivity index (χ3n) is 4.36. The van der Waals surface area contributed by atoms with Crippen LogP contribution >= 0.6 is 24.0 Å². The van der Waals surface area contributed by atoms with Crippen molar-refractivity contribution in [3.05, 3.63) is 82.9 Å². The summed E-state index contributed by atoms with van der Waals surface area (Å²) in [7, 11) is 0. The number of rotatable bonds is 4. The number of carboxylic acids is 1. The van der Waals surface area contributed by atoms with E-state index in [0.717, 1.165) is 28.2 Å². The van der Waals surface area contributed by atoms with E-state index in [0.29, 0.717) is 10.5 Å². The molecular formula is C21H14N2O3S2. The number of carbonyl (C=O) groups is 2. The SMILES string of the molecule is O=C(O)[C@@H](c1ccccc1)N1C(=O)/C(=C/c2ccc3ncccc3c2)SC1=S. The molecule has 1 aliphatic heterocycles. The molecule has 2 aromatic carbocycles. The zero-order valence-corrected chi connectivity index (χ0v) is 16.1. The Balaban J connectivity index is 1.69. The minimum atomic E-state index is -1.15. The van der Waals surface area contributed by atoms with Gasteiger partial charge in [0.2, 0.25) is 0 Å². The van der Waals surface area contributed by atoms with Crippen LogP contribution in [-0.2, 0) is 9.59 Å². The Kier molecular flexibility index (Phi) is 4.93. The molecule has 0 saturated carbocycles. The van der Waals surface area contributed by atoms with Gasteiger partial charge in [-0.1, -0.05) is 66.4 Å². The van der Waals surface area contributed by atoms with E-state index in [-0.39, 0.29) is 4.32 Å². The van der Waals surface area contributed by atoms with E-state index in [1.54, 1.807) is 42.6 Å². The van der Waals surface area contributed by atoms with E-state index < -0.39 is 17.9 Å². The molecule has 1 N–H and O–H groups in total. The van der Waals surface area contributed by atoms with Gasteiger partial charge in [-0.2, -0.15) is 0 Å². The van der Waals surface area contributed by atoms with Crippen LogP contribution in [0.3, 0.4) is 0 Å². The lowest BCUT2D eigenvalue weighted by Crippen LogP contribution is -2.37. The molecule has 0 unspecified atom stereocenters. The molecule has 2 heterocycles. The summed E-state index contributed by atoms with van der Waals surface area (Å²) in [6.45, 7) is 0. The standard InChI is InChI=1S/C21H14N2O3S2/c24-19-17(12-13-8-9-16-15(11-13)7-4-10-22-16)28-21(27)23(19)18(20(25)26)14-5-2-1-3-6-14/h1-12,18H,(H,25,26)/b17-12-/t18-/m1/s1. The van der Waals surface area contributed by atoms with E-state index in [1.807, 2.05) is 30.3 Å². The molecule has 28 heavy (non-hydrogen) atoms. The third-order valence-corrected chi connectivity index (χ3v) is 5.69. The topological polar surface area (TPSA) is 70.5 Å². The van der Waals surface area contributed by atoms with Crippen LogP contribution in [-0.4, -0.2) is 31.2 Å². The molecule has 1 aliphatic rings. The van der Waals surface area contributed by atoms with Crippen LogP contribution < -0.4 is 0 Å². The van der Waals surface area contributed by atoms with E-state index >= 15 is 0 Å². The highest BCUT2D eigenvalue weighted by Gasteiger charge is 2.41. The molecule has 0 spiro atoms. The fourth-order valence-electron chi connectivity index (χ4n) is 3.08. The molecule has 5 nitrogen and oxygen atoms in total. The number of thioether (sulfide) groups is 1. The third kappa shape index (κ3) is 3.42. The molecule has 0 radical (unpaired) electrons. The maximum absolute atomic E-state index is 13.0. The molecule has 3 aromatic rings. The van der Waals surface area contributed by atoms with Gasteiger partial charge in [-0.05, 0) is 35.4 Å². The minimum Gasteiger partial charge on any atom is -0.479 e. The largest absolute Gasteiger partial charge is 0.479 e. The lowest BCUT2D eigenvalue weighted by molar-refractivity contribution is -0.145. The van der Waals surface area contributed by atoms with Crippen LogP contribution in [0.15, 0.2) is 71.8 Å². The van der Waals surface area contributed by atoms with Gasteiger partial charge in [0.1, 0.15) is 4.32 Å². The van der Waals surface area contributed by atoms with Gasteiger partial charge < -0.3 is 5.11 Å². The molecule has 1 aromatic heterocycles. The minimum absolute atomic E-state index is 0.231. The molecule has 1 saturated heterocycles. The number of hydrogen-bond donors (Lipinski definition) is 1. The number of benzene rings is 2. The second-order valence-electron chi connectivity index (χ2n) is 6.16. The van der Waals surface area contributed by atoms with E-state index in [2.05, 4.69) is 4.98 Å². The molecule has 1 amide bonds. The van der Waals surface area contributed by atoms with Crippen molar-refractivity contribution in [3.8, 4) is 0 Å². The lowest BCUT2D eigenvalue weighted by atomic mass is 10.1. The Morgan fingerprint density at radius 2 is 1.93 bits per heavy atom. The number of aliphatic carboxylic acids is 1. The van der Waals surface area contributed by atoms with Crippen molar-refractivity contribution < 1.29 is 14.7 Å². The van der Waals surface area contributed by atoms with Crippen molar-refractivity contribution in [2.24, 2.45) is 0 Å². The van der Waals surface area contributed by atoms with Gasteiger partial charge in [-0.15, -0.1) is 0 Å². The Morgan fingerprint density at radius 1 is 1.14 bits per heavy atom. The van der Waals surface area contributed by atoms with Gasteiger partial charge in [0, 0.05) is 11.6 Å². The number of aromatic nitrogens is 1. The number of amides is 1. The van der Waals surface area contributed by atoms with Gasteiger partial charge in [0.05, 0.1) is 10.4 Å². The highest BCUT2D eigenvalue weighted by atomic mass is 32.2. The van der Waals surface area contributed by atoms with Crippen molar-refractivity contribution in [1.82, 2.24) is 9.88 Å². The summed E-state index contributed by atoms with van der Waals surface area (Å²) in [6, 6.07) is 16.9. The lowest BCUT2D eigenvalue weighted by Gasteiger charge is -2.23. The molecule has 1 fully saturated rings. The van der Waals surface area contributed by atoms with Crippen molar-refractivity contribution in [1.29, 1.82) is 0 Å². The monoisotopic (exact) mass is 406 g/mol. The van der Waals surface area contributed by atoms with Crippen molar-refractivity contribution in [2.75, 3.05) is 0 Å². The highest BCUT2D eigenvalue weighted by Crippen LogP contribution is 2.38. The van der Waals surface area contributed by atoms with Crippen molar-refractivity contribution in [3.63, 3.8) is 0 Å². The Labute approximate surface area is 170 Å². The summed E-state index contributed by atoms with van der Waals surface area (Å²) in [5, 5.41) is 10.7. The van der Waals surface area contributed by atoms with Gasteiger partial charge in [-0.25, -0.2) is 4.79 Å². The first-order chi connectivity index (χ1) is 13.5. The predicted octanol–water partition coefficient (Wildman–Crippen LogP) is 4.26. The number of thiocarbonyl (C=S) groups is 1. The summed E-state index contributed by atoms with van der Waals surface area (Å²) in [5.41, 5.74) is 2.19. The predicted molar refractivity (Wildman–Crippen MR) is 114 cm³/mol. The van der Waals surface area contributed by atoms with Crippen molar-refractivity contribution >= 4 is 57.2 Å². The maximum Gasteiger partial charge on any atom is 0.331 e. The summed E-state index contributed by atoms with van der Waals surface area (Å²) in [6.07, 6.45) is 3.46. The second-order valence-corrected chi connectivity index (χ2v) is 7.83. The number of pyridine rings is 1. The zero-order chi connectivity index (χ0) is 19.7. The average molecular weight is 406 g/mol. The molecule has 1 atom stereocenters. The van der Waals surface area contributed by atoms with Gasteiger partial charge >= 0.3 is 5.97 Å². The zero-order valence-electron chi connectivity index (χ0n) is 14.5. The normalized spacial score (nSPS) is 16.7. The number of hydrogen-bond acceptors (Lipinski definition) is 5. The first-order valence-electron chi connectivity index (χ1n) is 8.44. The quantitative estimate of drug-likeness (QED) is 0.516. The molecule has 4 rings (SSSR count). The van der Waals surface area contributed by atoms with Crippen LogP contribution in [0, 0.1) is 0 Å². The number of carbonyl (C=O) groups excluding carboxylic acids is 1. The molecule has 0 aliphatic carbocycles. The van der Waals surface area contributed by atoms with Gasteiger partial charge in [0.15, 0.2) is 6.04 Å². The number of carboxylic acid groups (broad SMARTS) is 1. The second kappa shape index (κ2) is 7.53. The average Bonchev–Trinajstić information content (AvgIpc) is 2.96. The maximum atomic E-state index is 13.0. The fraction of sp³-hybridized carbons (Fsp3) is 0.0476. The summed E-state index contributed by atoms with van der Waals surface area (Å²) in [5.74, 6) is -1.53. The van der Waals surface area contributed by atoms with E-state index in [9.17, 15) is 14.7 Å². The Morgan fingerprint density at radius 3 is 2.68 bits per heavy atom. The molecular weight excluding hydrogens is 392 g/mol. The first-order valence-corrected chi connectivity index (χ1v) is 9.66. The smallest absolute Gasteiger partial charge is 0.331 e. The number of nitrogens with zero attached hydrogens (tertiary/aromatic N) is 2. The molecule has 0 bridgehead atoms. The van der Waals surface area contributed by atoms with Crippen molar-refractivity contribution in [2.45, 2.75) is 6.04 Å². The van der Waals surface area contributed by atoms with Crippen LogP contribution in [0.5, 0.6) is 0 Å². The summed E-state index contributed by atoms with van der Waals surface area (Å²) < 4.78 is 0.231. The van der Waals surface area contributed by atoms with E-state index in [4.69, 9.17) is 12.2 Å². The van der Waals surface area contributed by atoms with Crippen LogP contribution in [0.4, 0.5) is 0 Å². The fourth-order valence-corrected chi connectivity index (χ4v) is 4.39. The van der Waals surface area contributed by atoms with Gasteiger partial charge in [-0.3, -0.25) is 14.7 Å². The highest BCUT2D eigenvalue weighted by molar-refractivity contribution is 8.26. The van der Waals surface area contributed by atoms with Crippen LogP contribution in [0.1, 0.15) is 17.2 Å². The molecule has 138 valence electrons. The molecule has 7 heteroatoms. The summed E-state index contributed by atoms with van der Waals surface area (Å²) >= 11 is 6.45. The first kappa shape index (κ1) is 18.3. The van der Waals surface area contributed by atoms with Crippen LogP contribution in [0.2, 0.25) is 0 Å². The summed E-state index contributed by atoms with van der Waals surface area (Å²) in [4.78, 5) is 30.7. The number of fused-ring (bicyclic) bond motifs is 1. The Hall–Kier alpha value is -3.03. The van der Waals surface area contributed by atoms with Gasteiger partial charge in [0.25, 0.3) is 5.91 Å². The van der Waals surface area contributed by atoms with E-state index in [1.165, 1.54) is 4.90 Å². The Bertz CT molecular complexity index is 1130.